The molecule has 2 aliphatic rings. The lowest BCUT2D eigenvalue weighted by molar-refractivity contribution is 0.0623. The second-order valence-corrected chi connectivity index (χ2v) is 8.32. The zero-order valence-electron chi connectivity index (χ0n) is 17.2. The second kappa shape index (κ2) is 9.88. The fourth-order valence-electron chi connectivity index (χ4n) is 4.41. The summed E-state index contributed by atoms with van der Waals surface area (Å²) in [6.07, 6.45) is 9.47. The first-order valence-corrected chi connectivity index (χ1v) is 11.1. The predicted molar refractivity (Wildman–Crippen MR) is 117 cm³/mol. The number of anilines is 1. The molecule has 1 aromatic heterocycles. The van der Waals surface area contributed by atoms with Crippen LogP contribution < -0.4 is 5.32 Å². The molecule has 0 unspecified atom stereocenters. The van der Waals surface area contributed by atoms with Crippen LogP contribution in [0.25, 0.3) is 0 Å². The van der Waals surface area contributed by atoms with Crippen LogP contribution in [0, 0.1) is 0 Å². The van der Waals surface area contributed by atoms with Crippen molar-refractivity contribution in [2.45, 2.75) is 51.1 Å². The van der Waals surface area contributed by atoms with E-state index in [1.807, 2.05) is 23.1 Å². The molecule has 0 spiro atoms. The third-order valence-electron chi connectivity index (χ3n) is 6.11. The predicted octanol–water partition coefficient (Wildman–Crippen LogP) is 4.17. The van der Waals surface area contributed by atoms with Gasteiger partial charge in [0, 0.05) is 50.6 Å². The Hall–Kier alpha value is -2.40. The molecule has 154 valence electrons. The van der Waals surface area contributed by atoms with E-state index in [-0.39, 0.29) is 5.91 Å². The highest BCUT2D eigenvalue weighted by molar-refractivity contribution is 5.93. The number of piperazine rings is 1. The lowest BCUT2D eigenvalue weighted by atomic mass is 10.1. The summed E-state index contributed by atoms with van der Waals surface area (Å²) in [5, 5.41) is 3.63. The van der Waals surface area contributed by atoms with E-state index in [0.29, 0.717) is 11.7 Å². The van der Waals surface area contributed by atoms with Gasteiger partial charge in [0.15, 0.2) is 0 Å². The number of amides is 1. The summed E-state index contributed by atoms with van der Waals surface area (Å²) in [4.78, 5) is 21.7. The Bertz CT molecular complexity index is 778. The van der Waals surface area contributed by atoms with Crippen LogP contribution in [0.5, 0.6) is 0 Å². The molecule has 2 aromatic rings. The van der Waals surface area contributed by atoms with Crippen molar-refractivity contribution in [3.8, 4) is 0 Å². The molecule has 1 aromatic carbocycles. The minimum Gasteiger partial charge on any atom is -0.382 e. The number of hydrogen-bond donors (Lipinski definition) is 1. The van der Waals surface area contributed by atoms with Gasteiger partial charge in [-0.15, -0.1) is 0 Å². The highest BCUT2D eigenvalue weighted by Gasteiger charge is 2.23. The Kier molecular flexibility index (Phi) is 6.78. The van der Waals surface area contributed by atoms with Gasteiger partial charge in [0.2, 0.25) is 0 Å². The van der Waals surface area contributed by atoms with E-state index >= 15 is 0 Å². The average molecular weight is 393 g/mol. The molecule has 29 heavy (non-hydrogen) atoms. The van der Waals surface area contributed by atoms with E-state index < -0.39 is 0 Å². The largest absolute Gasteiger partial charge is 0.382 e. The summed E-state index contributed by atoms with van der Waals surface area (Å²) >= 11 is 0. The van der Waals surface area contributed by atoms with Gasteiger partial charge in [-0.3, -0.25) is 14.7 Å². The van der Waals surface area contributed by atoms with Crippen LogP contribution in [0.2, 0.25) is 0 Å². The average Bonchev–Trinajstić information content (AvgIpc) is 3.03. The smallest absolute Gasteiger partial charge is 0.272 e. The Balaban J connectivity index is 1.31. The first kappa shape index (κ1) is 19.9. The van der Waals surface area contributed by atoms with Crippen LogP contribution in [-0.4, -0.2) is 52.9 Å². The number of hydrogen-bond acceptors (Lipinski definition) is 4. The fraction of sp³-hybridized carbons (Fsp3) is 0.500. The van der Waals surface area contributed by atoms with Gasteiger partial charge < -0.3 is 10.2 Å². The minimum atomic E-state index is 0.0499. The highest BCUT2D eigenvalue weighted by atomic mass is 16.2. The van der Waals surface area contributed by atoms with Crippen LogP contribution in [0.1, 0.15) is 54.6 Å². The number of carbonyl (C=O) groups excluding carboxylic acids is 1. The second-order valence-electron chi connectivity index (χ2n) is 8.32. The molecule has 5 nitrogen and oxygen atoms in total. The molecular weight excluding hydrogens is 360 g/mol. The van der Waals surface area contributed by atoms with E-state index in [4.69, 9.17) is 0 Å². The van der Waals surface area contributed by atoms with Crippen molar-refractivity contribution in [1.82, 2.24) is 14.8 Å². The van der Waals surface area contributed by atoms with Crippen LogP contribution in [0.15, 0.2) is 48.7 Å². The van der Waals surface area contributed by atoms with Gasteiger partial charge >= 0.3 is 0 Å². The molecule has 5 heteroatoms. The van der Waals surface area contributed by atoms with Crippen molar-refractivity contribution >= 4 is 11.6 Å². The normalized spacial score (nSPS) is 19.0. The number of benzene rings is 1. The van der Waals surface area contributed by atoms with Crippen molar-refractivity contribution in [2.75, 3.05) is 31.5 Å². The maximum absolute atomic E-state index is 13.0. The van der Waals surface area contributed by atoms with Crippen molar-refractivity contribution in [1.29, 1.82) is 0 Å². The third kappa shape index (κ3) is 5.57. The molecule has 0 bridgehead atoms. The minimum absolute atomic E-state index is 0.0499. The van der Waals surface area contributed by atoms with Crippen molar-refractivity contribution in [3.05, 3.63) is 59.9 Å². The van der Waals surface area contributed by atoms with Gasteiger partial charge in [0.25, 0.3) is 5.91 Å². The van der Waals surface area contributed by atoms with E-state index in [2.05, 4.69) is 39.5 Å². The lowest BCUT2D eigenvalue weighted by Gasteiger charge is -2.34. The van der Waals surface area contributed by atoms with Crippen LogP contribution >= 0.6 is 0 Å². The SMILES string of the molecule is O=C(c1cc(NC2CCCCCC2)ccn1)N1CCN(Cc2ccccc2)CC1. The summed E-state index contributed by atoms with van der Waals surface area (Å²) in [5.74, 6) is 0.0499. The Labute approximate surface area is 174 Å². The summed E-state index contributed by atoms with van der Waals surface area (Å²) in [7, 11) is 0. The van der Waals surface area contributed by atoms with Crippen LogP contribution in [0.4, 0.5) is 5.69 Å². The van der Waals surface area contributed by atoms with Gasteiger partial charge in [0.05, 0.1) is 0 Å². The summed E-state index contributed by atoms with van der Waals surface area (Å²) < 4.78 is 0. The molecule has 1 N–H and O–H groups in total. The standard InChI is InChI=1S/C24H32N4O/c29-24(28-16-14-27(15-17-28)19-20-8-4-3-5-9-20)23-18-22(12-13-25-23)26-21-10-6-1-2-7-11-21/h3-5,8-9,12-13,18,21H,1-2,6-7,10-11,14-17,19H2,(H,25,26). The van der Waals surface area contributed by atoms with Gasteiger partial charge in [-0.1, -0.05) is 56.0 Å². The molecule has 2 heterocycles. The monoisotopic (exact) mass is 392 g/mol. The van der Waals surface area contributed by atoms with E-state index in [9.17, 15) is 4.79 Å². The Morgan fingerprint density at radius 2 is 1.69 bits per heavy atom. The quantitative estimate of drug-likeness (QED) is 0.776. The number of rotatable bonds is 5. The van der Waals surface area contributed by atoms with Gasteiger partial charge in [-0.25, -0.2) is 0 Å². The van der Waals surface area contributed by atoms with E-state index in [1.54, 1.807) is 6.20 Å². The fourth-order valence-corrected chi connectivity index (χ4v) is 4.41. The molecular formula is C24H32N4O. The van der Waals surface area contributed by atoms with E-state index in [1.165, 1.54) is 44.1 Å². The first-order chi connectivity index (χ1) is 14.3. The molecule has 4 rings (SSSR count). The molecule has 1 saturated heterocycles. The molecule has 1 amide bonds. The van der Waals surface area contributed by atoms with Crippen molar-refractivity contribution in [2.24, 2.45) is 0 Å². The van der Waals surface area contributed by atoms with E-state index in [0.717, 1.165) is 38.4 Å². The van der Waals surface area contributed by atoms with Gasteiger partial charge in [-0.05, 0) is 30.5 Å². The summed E-state index contributed by atoms with van der Waals surface area (Å²) in [6, 6.07) is 15.0. The lowest BCUT2D eigenvalue weighted by Crippen LogP contribution is -2.48. The molecule has 1 aliphatic heterocycles. The Morgan fingerprint density at radius 3 is 2.41 bits per heavy atom. The summed E-state index contributed by atoms with van der Waals surface area (Å²) in [6.45, 7) is 4.27. The molecule has 0 atom stereocenters. The number of aromatic nitrogens is 1. The summed E-state index contributed by atoms with van der Waals surface area (Å²) in [5.41, 5.74) is 2.91. The van der Waals surface area contributed by atoms with Gasteiger partial charge in [0.1, 0.15) is 5.69 Å². The number of pyridine rings is 1. The van der Waals surface area contributed by atoms with Crippen LogP contribution in [-0.2, 0) is 6.54 Å². The van der Waals surface area contributed by atoms with Crippen molar-refractivity contribution in [3.63, 3.8) is 0 Å². The number of nitrogens with zero attached hydrogens (tertiary/aromatic N) is 3. The third-order valence-corrected chi connectivity index (χ3v) is 6.11. The topological polar surface area (TPSA) is 48.5 Å². The first-order valence-electron chi connectivity index (χ1n) is 11.1. The zero-order chi connectivity index (χ0) is 19.9. The maximum atomic E-state index is 13.0. The molecule has 1 saturated carbocycles. The van der Waals surface area contributed by atoms with Crippen molar-refractivity contribution < 1.29 is 4.79 Å². The zero-order valence-corrected chi connectivity index (χ0v) is 17.2. The number of nitrogens with one attached hydrogen (secondary N) is 1. The Morgan fingerprint density at radius 1 is 0.966 bits per heavy atom. The molecule has 0 radical (unpaired) electrons. The number of carbonyl (C=O) groups is 1. The van der Waals surface area contributed by atoms with Crippen LogP contribution in [0.3, 0.4) is 0 Å². The molecule has 2 fully saturated rings. The molecule has 1 aliphatic carbocycles. The van der Waals surface area contributed by atoms with Gasteiger partial charge in [-0.2, -0.15) is 0 Å². The maximum Gasteiger partial charge on any atom is 0.272 e. The highest BCUT2D eigenvalue weighted by Crippen LogP contribution is 2.21.